The molecule has 3 nitrogen and oxygen atoms in total. The Bertz CT molecular complexity index is 219. The highest BCUT2D eigenvalue weighted by Crippen LogP contribution is 2.16. The van der Waals surface area contributed by atoms with Gasteiger partial charge in [0, 0.05) is 13.0 Å². The van der Waals surface area contributed by atoms with Crippen LogP contribution in [0, 0.1) is 18.3 Å². The molecule has 1 unspecified atom stereocenters. The highest BCUT2D eigenvalue weighted by Gasteiger charge is 2.27. The van der Waals surface area contributed by atoms with E-state index < -0.39 is 5.97 Å². The molecular formula is C10H15NO2. The molecule has 1 heterocycles. The molecule has 1 fully saturated rings. The predicted octanol–water partition coefficient (Wildman–Crippen LogP) is 0.806. The number of hydrogen-bond acceptors (Lipinski definition) is 2. The molecule has 1 aliphatic heterocycles. The number of hydrogen-bond donors (Lipinski definition) is 1. The number of unbranched alkanes of at least 4 members (excludes halogenated alkanes) is 1. The first-order valence-electron chi connectivity index (χ1n) is 4.62. The SMILES string of the molecule is C#CCCCN1CCC(C(=O)O)C1. The summed E-state index contributed by atoms with van der Waals surface area (Å²) in [5.74, 6) is 1.75. The summed E-state index contributed by atoms with van der Waals surface area (Å²) in [6, 6.07) is 0. The van der Waals surface area contributed by atoms with Crippen molar-refractivity contribution in [3.05, 3.63) is 0 Å². The van der Waals surface area contributed by atoms with Gasteiger partial charge >= 0.3 is 5.97 Å². The fourth-order valence-corrected chi connectivity index (χ4v) is 1.64. The minimum atomic E-state index is -0.667. The normalized spacial score (nSPS) is 22.8. The third-order valence-corrected chi connectivity index (χ3v) is 2.42. The number of terminal acetylenes is 1. The molecule has 3 heteroatoms. The maximum Gasteiger partial charge on any atom is 0.307 e. The van der Waals surface area contributed by atoms with Crippen LogP contribution in [0.25, 0.3) is 0 Å². The van der Waals surface area contributed by atoms with Gasteiger partial charge in [-0.25, -0.2) is 0 Å². The second-order valence-corrected chi connectivity index (χ2v) is 3.43. The van der Waals surface area contributed by atoms with Gasteiger partial charge in [0.25, 0.3) is 0 Å². The number of aliphatic carboxylic acids is 1. The summed E-state index contributed by atoms with van der Waals surface area (Å²) < 4.78 is 0. The molecule has 13 heavy (non-hydrogen) atoms. The summed E-state index contributed by atoms with van der Waals surface area (Å²) in [4.78, 5) is 12.8. The van der Waals surface area contributed by atoms with Crippen LogP contribution in [-0.4, -0.2) is 35.6 Å². The van der Waals surface area contributed by atoms with Crippen molar-refractivity contribution in [2.75, 3.05) is 19.6 Å². The van der Waals surface area contributed by atoms with Gasteiger partial charge in [0.1, 0.15) is 0 Å². The molecule has 0 aliphatic carbocycles. The van der Waals surface area contributed by atoms with Crippen LogP contribution in [0.15, 0.2) is 0 Å². The molecule has 0 aromatic heterocycles. The molecule has 0 saturated carbocycles. The van der Waals surface area contributed by atoms with Crippen LogP contribution in [0.4, 0.5) is 0 Å². The van der Waals surface area contributed by atoms with Gasteiger partial charge in [-0.1, -0.05) is 0 Å². The third kappa shape index (κ3) is 3.08. The molecule has 1 saturated heterocycles. The van der Waals surface area contributed by atoms with Crippen molar-refractivity contribution in [1.29, 1.82) is 0 Å². The van der Waals surface area contributed by atoms with Crippen molar-refractivity contribution >= 4 is 5.97 Å². The maximum absolute atomic E-state index is 10.6. The largest absolute Gasteiger partial charge is 0.481 e. The Morgan fingerprint density at radius 1 is 1.69 bits per heavy atom. The molecule has 0 bridgehead atoms. The number of likely N-dealkylation sites (tertiary alicyclic amines) is 1. The molecule has 72 valence electrons. The number of carbonyl (C=O) groups is 1. The minimum absolute atomic E-state index is 0.161. The molecule has 0 radical (unpaired) electrons. The first-order valence-corrected chi connectivity index (χ1v) is 4.62. The summed E-state index contributed by atoms with van der Waals surface area (Å²) in [6.07, 6.45) is 7.67. The van der Waals surface area contributed by atoms with Gasteiger partial charge in [-0.2, -0.15) is 0 Å². The lowest BCUT2D eigenvalue weighted by Gasteiger charge is -2.13. The maximum atomic E-state index is 10.6. The van der Waals surface area contributed by atoms with Crippen LogP contribution in [0.5, 0.6) is 0 Å². The van der Waals surface area contributed by atoms with Gasteiger partial charge < -0.3 is 10.0 Å². The van der Waals surface area contributed by atoms with Crippen molar-refractivity contribution in [3.8, 4) is 12.3 Å². The topological polar surface area (TPSA) is 40.5 Å². The molecule has 1 rings (SSSR count). The lowest BCUT2D eigenvalue weighted by Crippen LogP contribution is -2.24. The van der Waals surface area contributed by atoms with Crippen LogP contribution in [0.2, 0.25) is 0 Å². The predicted molar refractivity (Wildman–Crippen MR) is 50.2 cm³/mol. The Morgan fingerprint density at radius 3 is 3.00 bits per heavy atom. The summed E-state index contributed by atoms with van der Waals surface area (Å²) in [7, 11) is 0. The molecule has 0 spiro atoms. The van der Waals surface area contributed by atoms with E-state index in [-0.39, 0.29) is 5.92 Å². The molecule has 1 N–H and O–H groups in total. The Morgan fingerprint density at radius 2 is 2.46 bits per heavy atom. The first kappa shape index (κ1) is 10.1. The second-order valence-electron chi connectivity index (χ2n) is 3.43. The molecule has 1 aliphatic rings. The number of nitrogens with zero attached hydrogens (tertiary/aromatic N) is 1. The number of carboxylic acid groups (broad SMARTS) is 1. The van der Waals surface area contributed by atoms with E-state index >= 15 is 0 Å². The van der Waals surface area contributed by atoms with Crippen LogP contribution in [0.1, 0.15) is 19.3 Å². The Hall–Kier alpha value is -1.01. The Labute approximate surface area is 78.7 Å². The van der Waals surface area contributed by atoms with Crippen LogP contribution in [-0.2, 0) is 4.79 Å². The Balaban J connectivity index is 2.18. The number of rotatable bonds is 4. The van der Waals surface area contributed by atoms with Crippen LogP contribution >= 0.6 is 0 Å². The van der Waals surface area contributed by atoms with Crippen molar-refractivity contribution in [2.45, 2.75) is 19.3 Å². The summed E-state index contributed by atoms with van der Waals surface area (Å²) in [5, 5.41) is 8.74. The molecule has 0 amide bonds. The van der Waals surface area contributed by atoms with Gasteiger partial charge in [-0.3, -0.25) is 4.79 Å². The quantitative estimate of drug-likeness (QED) is 0.515. The lowest BCUT2D eigenvalue weighted by molar-refractivity contribution is -0.141. The van der Waals surface area contributed by atoms with E-state index in [1.54, 1.807) is 0 Å². The summed E-state index contributed by atoms with van der Waals surface area (Å²) in [6.45, 7) is 2.54. The fourth-order valence-electron chi connectivity index (χ4n) is 1.64. The van der Waals surface area contributed by atoms with E-state index in [1.165, 1.54) is 0 Å². The average Bonchev–Trinajstić information content (AvgIpc) is 2.53. The van der Waals surface area contributed by atoms with E-state index in [2.05, 4.69) is 10.8 Å². The third-order valence-electron chi connectivity index (χ3n) is 2.42. The van der Waals surface area contributed by atoms with Crippen molar-refractivity contribution in [1.82, 2.24) is 4.90 Å². The fraction of sp³-hybridized carbons (Fsp3) is 0.700. The van der Waals surface area contributed by atoms with E-state index in [0.29, 0.717) is 6.54 Å². The van der Waals surface area contributed by atoms with Gasteiger partial charge in [0.2, 0.25) is 0 Å². The standard InChI is InChI=1S/C10H15NO2/c1-2-3-4-6-11-7-5-9(8-11)10(12)13/h1,9H,3-8H2,(H,12,13). The zero-order valence-electron chi connectivity index (χ0n) is 7.70. The van der Waals surface area contributed by atoms with Crippen molar-refractivity contribution in [2.24, 2.45) is 5.92 Å². The van der Waals surface area contributed by atoms with Crippen LogP contribution < -0.4 is 0 Å². The molecule has 0 aromatic carbocycles. The first-order chi connectivity index (χ1) is 6.24. The average molecular weight is 181 g/mol. The van der Waals surface area contributed by atoms with Gasteiger partial charge in [-0.15, -0.1) is 12.3 Å². The van der Waals surface area contributed by atoms with E-state index in [0.717, 1.165) is 32.4 Å². The Kier molecular flexibility index (Phi) is 3.78. The summed E-state index contributed by atoms with van der Waals surface area (Å²) >= 11 is 0. The van der Waals surface area contributed by atoms with E-state index in [4.69, 9.17) is 11.5 Å². The van der Waals surface area contributed by atoms with Crippen molar-refractivity contribution < 1.29 is 9.90 Å². The van der Waals surface area contributed by atoms with Gasteiger partial charge in [0.05, 0.1) is 5.92 Å². The van der Waals surface area contributed by atoms with Crippen LogP contribution in [0.3, 0.4) is 0 Å². The smallest absolute Gasteiger partial charge is 0.307 e. The number of carboxylic acids is 1. The van der Waals surface area contributed by atoms with E-state index in [9.17, 15) is 4.79 Å². The van der Waals surface area contributed by atoms with Crippen molar-refractivity contribution in [3.63, 3.8) is 0 Å². The highest BCUT2D eigenvalue weighted by molar-refractivity contribution is 5.70. The minimum Gasteiger partial charge on any atom is -0.481 e. The summed E-state index contributed by atoms with van der Waals surface area (Å²) in [5.41, 5.74) is 0. The zero-order valence-corrected chi connectivity index (χ0v) is 7.70. The second kappa shape index (κ2) is 4.88. The molecular weight excluding hydrogens is 166 g/mol. The molecule has 0 aromatic rings. The highest BCUT2D eigenvalue weighted by atomic mass is 16.4. The molecule has 1 atom stereocenters. The zero-order chi connectivity index (χ0) is 9.68. The lowest BCUT2D eigenvalue weighted by atomic mass is 10.1. The van der Waals surface area contributed by atoms with Gasteiger partial charge in [-0.05, 0) is 25.9 Å². The van der Waals surface area contributed by atoms with E-state index in [1.807, 2.05) is 0 Å². The van der Waals surface area contributed by atoms with Gasteiger partial charge in [0.15, 0.2) is 0 Å². The monoisotopic (exact) mass is 181 g/mol.